The Labute approximate surface area is 64.6 Å². The predicted octanol–water partition coefficient (Wildman–Crippen LogP) is -1.08. The molecule has 0 saturated carbocycles. The largest absolute Gasteiger partial charge is 0.481 e. The molecule has 0 saturated heterocycles. The van der Waals surface area contributed by atoms with Gasteiger partial charge in [-0.25, -0.2) is 0 Å². The highest BCUT2D eigenvalue weighted by molar-refractivity contribution is 5.81. The van der Waals surface area contributed by atoms with E-state index in [1.165, 1.54) is 7.05 Å². The van der Waals surface area contributed by atoms with Gasteiger partial charge in [-0.3, -0.25) is 9.59 Å². The molecular weight excluding hydrogens is 148 g/mol. The van der Waals surface area contributed by atoms with Crippen LogP contribution >= 0.6 is 0 Å². The molecule has 1 atom stereocenters. The molecule has 0 aliphatic carbocycles. The van der Waals surface area contributed by atoms with Gasteiger partial charge in [0.05, 0.1) is 6.04 Å². The van der Waals surface area contributed by atoms with Crippen molar-refractivity contribution in [2.45, 2.75) is 18.9 Å². The van der Waals surface area contributed by atoms with Gasteiger partial charge in [0.1, 0.15) is 0 Å². The van der Waals surface area contributed by atoms with Gasteiger partial charge in [0.25, 0.3) is 0 Å². The van der Waals surface area contributed by atoms with Crippen LogP contribution in [0.15, 0.2) is 0 Å². The number of carboxylic acid groups (broad SMARTS) is 1. The average Bonchev–Trinajstić information content (AvgIpc) is 1.98. The van der Waals surface area contributed by atoms with E-state index in [0.29, 0.717) is 0 Å². The number of carbonyl (C=O) groups is 2. The zero-order valence-electron chi connectivity index (χ0n) is 6.33. The van der Waals surface area contributed by atoms with E-state index in [-0.39, 0.29) is 18.7 Å². The number of rotatable bonds is 4. The first-order valence-corrected chi connectivity index (χ1v) is 3.27. The number of carbonyl (C=O) groups excluding carboxylic acids is 1. The lowest BCUT2D eigenvalue weighted by atomic mass is 10.1. The van der Waals surface area contributed by atoms with E-state index >= 15 is 0 Å². The van der Waals surface area contributed by atoms with Gasteiger partial charge in [0.15, 0.2) is 0 Å². The van der Waals surface area contributed by atoms with E-state index in [9.17, 15) is 9.59 Å². The standard InChI is InChI=1S/C6H12N2O3/c1-8-6(11)4(7)2-3-5(9)10/h4H,2-3,7H2,1H3,(H,8,11)(H,9,10)/t4-/m1/s1. The van der Waals surface area contributed by atoms with Crippen LogP contribution in [0, 0.1) is 0 Å². The van der Waals surface area contributed by atoms with Crippen molar-refractivity contribution in [3.05, 3.63) is 0 Å². The highest BCUT2D eigenvalue weighted by Crippen LogP contribution is 1.93. The third-order valence-electron chi connectivity index (χ3n) is 1.25. The third-order valence-corrected chi connectivity index (χ3v) is 1.25. The number of hydrogen-bond acceptors (Lipinski definition) is 3. The van der Waals surface area contributed by atoms with E-state index in [1.807, 2.05) is 0 Å². The minimum Gasteiger partial charge on any atom is -0.481 e. The van der Waals surface area contributed by atoms with Gasteiger partial charge in [-0.15, -0.1) is 0 Å². The molecule has 0 aromatic rings. The Bertz CT molecular complexity index is 158. The molecule has 5 nitrogen and oxygen atoms in total. The zero-order valence-corrected chi connectivity index (χ0v) is 6.33. The molecule has 64 valence electrons. The van der Waals surface area contributed by atoms with E-state index in [1.54, 1.807) is 0 Å². The minimum atomic E-state index is -0.940. The molecule has 11 heavy (non-hydrogen) atoms. The van der Waals surface area contributed by atoms with Gasteiger partial charge in [-0.1, -0.05) is 0 Å². The molecule has 5 heteroatoms. The summed E-state index contributed by atoms with van der Waals surface area (Å²) in [7, 11) is 1.46. The van der Waals surface area contributed by atoms with Crippen LogP contribution in [0.25, 0.3) is 0 Å². The molecule has 4 N–H and O–H groups in total. The van der Waals surface area contributed by atoms with Crippen LogP contribution in [0.5, 0.6) is 0 Å². The molecule has 0 rings (SSSR count). The Morgan fingerprint density at radius 2 is 2.18 bits per heavy atom. The van der Waals surface area contributed by atoms with Crippen LogP contribution in [0.1, 0.15) is 12.8 Å². The normalized spacial score (nSPS) is 12.2. The monoisotopic (exact) mass is 160 g/mol. The van der Waals surface area contributed by atoms with Gasteiger partial charge in [-0.05, 0) is 6.42 Å². The van der Waals surface area contributed by atoms with Crippen molar-refractivity contribution in [3.8, 4) is 0 Å². The van der Waals surface area contributed by atoms with E-state index < -0.39 is 12.0 Å². The number of nitrogens with one attached hydrogen (secondary N) is 1. The highest BCUT2D eigenvalue weighted by Gasteiger charge is 2.12. The lowest BCUT2D eigenvalue weighted by molar-refractivity contribution is -0.137. The number of likely N-dealkylation sites (N-methyl/N-ethyl adjacent to an activating group) is 1. The first kappa shape index (κ1) is 9.90. The second-order valence-corrected chi connectivity index (χ2v) is 2.15. The van der Waals surface area contributed by atoms with Crippen molar-refractivity contribution >= 4 is 11.9 Å². The number of nitrogens with two attached hydrogens (primary N) is 1. The molecule has 0 bridgehead atoms. The van der Waals surface area contributed by atoms with Crippen LogP contribution in [0.3, 0.4) is 0 Å². The summed E-state index contributed by atoms with van der Waals surface area (Å²) in [5.74, 6) is -1.27. The number of hydrogen-bond donors (Lipinski definition) is 3. The Morgan fingerprint density at radius 3 is 2.55 bits per heavy atom. The number of carboxylic acids is 1. The summed E-state index contributed by atoms with van der Waals surface area (Å²) in [6, 6.07) is -0.712. The van der Waals surface area contributed by atoms with Gasteiger partial charge in [0, 0.05) is 13.5 Å². The predicted molar refractivity (Wildman–Crippen MR) is 38.9 cm³/mol. The van der Waals surface area contributed by atoms with Crippen molar-refractivity contribution in [1.82, 2.24) is 5.32 Å². The highest BCUT2D eigenvalue weighted by atomic mass is 16.4. The fourth-order valence-electron chi connectivity index (χ4n) is 0.595. The van der Waals surface area contributed by atoms with Crippen molar-refractivity contribution in [1.29, 1.82) is 0 Å². The molecule has 0 aliphatic heterocycles. The lowest BCUT2D eigenvalue weighted by Gasteiger charge is -2.06. The zero-order chi connectivity index (χ0) is 8.85. The first-order valence-electron chi connectivity index (χ1n) is 3.27. The molecule has 0 aromatic carbocycles. The summed E-state index contributed by atoms with van der Waals surface area (Å²) < 4.78 is 0. The Balaban J connectivity index is 3.60. The number of aliphatic carboxylic acids is 1. The smallest absolute Gasteiger partial charge is 0.303 e. The van der Waals surface area contributed by atoms with Crippen LogP contribution in [-0.2, 0) is 9.59 Å². The van der Waals surface area contributed by atoms with Gasteiger partial charge >= 0.3 is 5.97 Å². The average molecular weight is 160 g/mol. The van der Waals surface area contributed by atoms with E-state index in [2.05, 4.69) is 5.32 Å². The molecule has 0 spiro atoms. The van der Waals surface area contributed by atoms with Crippen molar-refractivity contribution in [2.75, 3.05) is 7.05 Å². The van der Waals surface area contributed by atoms with Crippen LogP contribution < -0.4 is 11.1 Å². The topological polar surface area (TPSA) is 92.4 Å². The van der Waals surface area contributed by atoms with Gasteiger partial charge < -0.3 is 16.2 Å². The molecule has 0 heterocycles. The van der Waals surface area contributed by atoms with Gasteiger partial charge in [-0.2, -0.15) is 0 Å². The molecule has 0 aromatic heterocycles. The van der Waals surface area contributed by atoms with Crippen molar-refractivity contribution in [2.24, 2.45) is 5.73 Å². The second kappa shape index (κ2) is 4.68. The van der Waals surface area contributed by atoms with E-state index in [4.69, 9.17) is 10.8 Å². The van der Waals surface area contributed by atoms with Crippen LogP contribution in [0.2, 0.25) is 0 Å². The lowest BCUT2D eigenvalue weighted by Crippen LogP contribution is -2.38. The maximum Gasteiger partial charge on any atom is 0.303 e. The third kappa shape index (κ3) is 4.32. The SMILES string of the molecule is CNC(=O)[C@H](N)CCC(=O)O. The maximum atomic E-state index is 10.7. The Hall–Kier alpha value is -1.10. The van der Waals surface area contributed by atoms with Gasteiger partial charge in [0.2, 0.25) is 5.91 Å². The van der Waals surface area contributed by atoms with Crippen molar-refractivity contribution < 1.29 is 14.7 Å². The summed E-state index contributed by atoms with van der Waals surface area (Å²) in [5, 5.41) is 10.6. The van der Waals surface area contributed by atoms with Crippen LogP contribution in [0.4, 0.5) is 0 Å². The maximum absolute atomic E-state index is 10.7. The fraction of sp³-hybridized carbons (Fsp3) is 0.667. The first-order chi connectivity index (χ1) is 5.07. The van der Waals surface area contributed by atoms with Crippen molar-refractivity contribution in [3.63, 3.8) is 0 Å². The molecular formula is C6H12N2O3. The molecule has 0 aliphatic rings. The quantitative estimate of drug-likeness (QED) is 0.488. The van der Waals surface area contributed by atoms with E-state index in [0.717, 1.165) is 0 Å². The molecule has 0 fully saturated rings. The summed E-state index contributed by atoms with van der Waals surface area (Å²) in [6.45, 7) is 0. The minimum absolute atomic E-state index is 0.0748. The Morgan fingerprint density at radius 1 is 1.64 bits per heavy atom. The van der Waals surface area contributed by atoms with Crippen LogP contribution in [-0.4, -0.2) is 30.1 Å². The summed E-state index contributed by atoms with van der Waals surface area (Å²) in [5.41, 5.74) is 5.30. The second-order valence-electron chi connectivity index (χ2n) is 2.15. The Kier molecular flexibility index (Phi) is 4.21. The number of amides is 1. The summed E-state index contributed by atoms with van der Waals surface area (Å²) >= 11 is 0. The fourth-order valence-corrected chi connectivity index (χ4v) is 0.595. The molecule has 0 unspecified atom stereocenters. The summed E-state index contributed by atoms with van der Waals surface area (Å²) in [4.78, 5) is 20.7. The summed E-state index contributed by atoms with van der Waals surface area (Å²) in [6.07, 6.45) is 0.101. The molecule has 1 amide bonds. The molecule has 0 radical (unpaired) electrons.